The molecule has 2 N–H and O–H groups in total. The van der Waals surface area contributed by atoms with E-state index in [0.29, 0.717) is 0 Å². The van der Waals surface area contributed by atoms with Gasteiger partial charge in [-0.25, -0.2) is 5.01 Å². The number of aromatic amines is 1. The number of aliphatic imine (C=N–C) groups is 1. The summed E-state index contributed by atoms with van der Waals surface area (Å²) in [6.45, 7) is 5.05. The second kappa shape index (κ2) is 6.17. The molecule has 0 aromatic carbocycles. The SMILES string of the molecule is Cc1cc(NC2=CN(N3CCCCCC3)CC3=NC=C[N+]23)n[nH]1. The molecule has 0 spiro atoms. The minimum absolute atomic E-state index is 0.817. The van der Waals surface area contributed by atoms with Crippen molar-refractivity contribution in [3.8, 4) is 0 Å². The first kappa shape index (κ1) is 14.5. The first-order chi connectivity index (χ1) is 11.3. The Labute approximate surface area is 136 Å². The molecule has 0 bridgehead atoms. The maximum absolute atomic E-state index is 4.51. The van der Waals surface area contributed by atoms with Gasteiger partial charge in [-0.15, -0.1) is 0 Å². The highest BCUT2D eigenvalue weighted by molar-refractivity contribution is 5.93. The van der Waals surface area contributed by atoms with Gasteiger partial charge in [-0.2, -0.15) is 10.1 Å². The number of nitrogens with one attached hydrogen (secondary N) is 2. The second-order valence-corrected chi connectivity index (χ2v) is 6.25. The lowest BCUT2D eigenvalue weighted by atomic mass is 10.2. The van der Waals surface area contributed by atoms with E-state index in [1.165, 1.54) is 25.7 Å². The van der Waals surface area contributed by atoms with E-state index in [0.717, 1.165) is 42.8 Å². The number of hydrazine groups is 1. The number of fused-ring (bicyclic) bond motifs is 1. The lowest BCUT2D eigenvalue weighted by Gasteiger charge is -2.34. The summed E-state index contributed by atoms with van der Waals surface area (Å²) in [6, 6.07) is 2.00. The number of H-pyrrole nitrogens is 1. The standard InChI is InChI=1S/C16H23N7/c1-13-10-14(20-19-13)18-16-12-22(11-15-17-6-9-23(15)16)21-7-4-2-3-5-8-21/h6,9-10,12H,2-5,7-8,11H2,1H3,(H2,18,19,20)/q+1. The van der Waals surface area contributed by atoms with Gasteiger partial charge >= 0.3 is 0 Å². The average molecular weight is 313 g/mol. The molecule has 4 heterocycles. The van der Waals surface area contributed by atoms with Crippen molar-refractivity contribution in [1.82, 2.24) is 25.1 Å². The van der Waals surface area contributed by atoms with Gasteiger partial charge in [-0.05, 0) is 24.7 Å². The third-order valence-electron chi connectivity index (χ3n) is 4.46. The molecular formula is C16H23N7+. The molecule has 0 unspecified atom stereocenters. The summed E-state index contributed by atoms with van der Waals surface area (Å²) < 4.78 is 0. The van der Waals surface area contributed by atoms with E-state index in [9.17, 15) is 0 Å². The molecule has 1 fully saturated rings. The van der Waals surface area contributed by atoms with Crippen LogP contribution in [0.3, 0.4) is 0 Å². The number of aromatic nitrogens is 2. The third-order valence-corrected chi connectivity index (χ3v) is 4.46. The molecule has 3 aliphatic heterocycles. The Balaban J connectivity index is 1.58. The highest BCUT2D eigenvalue weighted by atomic mass is 15.6. The molecule has 1 saturated heterocycles. The zero-order valence-corrected chi connectivity index (χ0v) is 13.5. The number of hydrogen-bond acceptors (Lipinski definition) is 6. The van der Waals surface area contributed by atoms with E-state index in [2.05, 4.69) is 41.6 Å². The maximum Gasteiger partial charge on any atom is 0.285 e. The molecule has 1 aromatic rings. The molecular weight excluding hydrogens is 290 g/mol. The smallest absolute Gasteiger partial charge is 0.285 e. The largest absolute Gasteiger partial charge is 0.293 e. The summed E-state index contributed by atoms with van der Waals surface area (Å²) in [5.41, 5.74) is 1.04. The van der Waals surface area contributed by atoms with E-state index in [4.69, 9.17) is 0 Å². The van der Waals surface area contributed by atoms with Crippen LogP contribution in [0.4, 0.5) is 5.82 Å². The Bertz CT molecular complexity index is 649. The van der Waals surface area contributed by atoms with Gasteiger partial charge in [0.25, 0.3) is 11.7 Å². The van der Waals surface area contributed by atoms with Crippen molar-refractivity contribution in [2.45, 2.75) is 32.6 Å². The molecule has 23 heavy (non-hydrogen) atoms. The fourth-order valence-corrected chi connectivity index (χ4v) is 3.26. The van der Waals surface area contributed by atoms with Gasteiger partial charge < -0.3 is 0 Å². The van der Waals surface area contributed by atoms with Gasteiger partial charge in [0.05, 0.1) is 6.20 Å². The van der Waals surface area contributed by atoms with Crippen LogP contribution in [0, 0.1) is 6.92 Å². The van der Waals surface area contributed by atoms with E-state index >= 15 is 0 Å². The minimum atomic E-state index is 0.817. The maximum atomic E-state index is 4.51. The van der Waals surface area contributed by atoms with Crippen molar-refractivity contribution in [2.24, 2.45) is 4.99 Å². The van der Waals surface area contributed by atoms with Crippen LogP contribution < -0.4 is 10.2 Å². The van der Waals surface area contributed by atoms with Crippen LogP contribution in [0.1, 0.15) is 31.4 Å². The molecule has 4 rings (SSSR count). The van der Waals surface area contributed by atoms with Gasteiger partial charge in [0.15, 0.2) is 12.0 Å². The normalized spacial score (nSPS) is 22.6. The molecule has 3 aliphatic rings. The average Bonchev–Trinajstić information content (AvgIpc) is 3.08. The summed E-state index contributed by atoms with van der Waals surface area (Å²) in [6.07, 6.45) is 11.2. The summed E-state index contributed by atoms with van der Waals surface area (Å²) in [4.78, 5) is 6.60. The van der Waals surface area contributed by atoms with Gasteiger partial charge in [-0.3, -0.25) is 15.4 Å². The number of amidine groups is 1. The predicted octanol–water partition coefficient (Wildman–Crippen LogP) is 2.06. The number of anilines is 1. The molecule has 1 aromatic heterocycles. The van der Waals surface area contributed by atoms with Crippen LogP contribution in [0.25, 0.3) is 0 Å². The van der Waals surface area contributed by atoms with E-state index in [-0.39, 0.29) is 0 Å². The molecule has 121 valence electrons. The lowest BCUT2D eigenvalue weighted by Crippen LogP contribution is -2.51. The Hall–Kier alpha value is -2.12. The van der Waals surface area contributed by atoms with Crippen molar-refractivity contribution in [1.29, 1.82) is 0 Å². The number of rotatable bonds is 3. The molecule has 1 radical (unpaired) electrons. The predicted molar refractivity (Wildman–Crippen MR) is 90.5 cm³/mol. The van der Waals surface area contributed by atoms with Crippen LogP contribution in [-0.4, -0.2) is 45.7 Å². The molecule has 0 atom stereocenters. The van der Waals surface area contributed by atoms with E-state index < -0.39 is 0 Å². The van der Waals surface area contributed by atoms with Crippen molar-refractivity contribution < 1.29 is 0 Å². The topological polar surface area (TPSA) is 65.4 Å². The number of nitrogens with zero attached hydrogens (tertiary/aromatic N) is 5. The van der Waals surface area contributed by atoms with Gasteiger partial charge in [0, 0.05) is 24.8 Å². The van der Waals surface area contributed by atoms with Gasteiger partial charge in [-0.1, -0.05) is 12.8 Å². The highest BCUT2D eigenvalue weighted by Gasteiger charge is 2.38. The third kappa shape index (κ3) is 3.02. The first-order valence-corrected chi connectivity index (χ1v) is 8.34. The Morgan fingerprint density at radius 2 is 2.04 bits per heavy atom. The van der Waals surface area contributed by atoms with Crippen molar-refractivity contribution in [2.75, 3.05) is 25.0 Å². The van der Waals surface area contributed by atoms with Crippen LogP contribution in [-0.2, 0) is 0 Å². The summed E-state index contributed by atoms with van der Waals surface area (Å²) >= 11 is 0. The lowest BCUT2D eigenvalue weighted by molar-refractivity contribution is 0.0350. The van der Waals surface area contributed by atoms with E-state index in [1.54, 1.807) is 0 Å². The fourth-order valence-electron chi connectivity index (χ4n) is 3.26. The molecule has 0 aliphatic carbocycles. The van der Waals surface area contributed by atoms with Gasteiger partial charge in [0.2, 0.25) is 0 Å². The van der Waals surface area contributed by atoms with Crippen molar-refractivity contribution in [3.63, 3.8) is 0 Å². The molecule has 7 heteroatoms. The Morgan fingerprint density at radius 1 is 1.22 bits per heavy atom. The highest BCUT2D eigenvalue weighted by Crippen LogP contribution is 2.21. The minimum Gasteiger partial charge on any atom is -0.293 e. The second-order valence-electron chi connectivity index (χ2n) is 6.25. The fraction of sp³-hybridized carbons (Fsp3) is 0.500. The molecule has 0 amide bonds. The monoisotopic (exact) mass is 313 g/mol. The first-order valence-electron chi connectivity index (χ1n) is 8.34. The van der Waals surface area contributed by atoms with Crippen LogP contribution >= 0.6 is 0 Å². The van der Waals surface area contributed by atoms with Gasteiger partial charge in [0.1, 0.15) is 12.7 Å². The Morgan fingerprint density at radius 3 is 2.78 bits per heavy atom. The van der Waals surface area contributed by atoms with Crippen LogP contribution in [0.5, 0.6) is 0 Å². The van der Waals surface area contributed by atoms with Crippen LogP contribution in [0.15, 0.2) is 35.5 Å². The Kier molecular flexibility index (Phi) is 3.88. The number of hydrogen-bond donors (Lipinski definition) is 2. The summed E-state index contributed by atoms with van der Waals surface area (Å²) in [5.74, 6) is 2.86. The summed E-state index contributed by atoms with van der Waals surface area (Å²) in [7, 11) is 0. The molecule has 7 nitrogen and oxygen atoms in total. The summed E-state index contributed by atoms with van der Waals surface area (Å²) in [5, 5.41) is 15.4. The van der Waals surface area contributed by atoms with Crippen molar-refractivity contribution in [3.05, 3.63) is 36.2 Å². The quantitative estimate of drug-likeness (QED) is 0.838. The zero-order chi connectivity index (χ0) is 15.6. The molecule has 0 saturated carbocycles. The van der Waals surface area contributed by atoms with Crippen molar-refractivity contribution >= 4 is 11.7 Å². The van der Waals surface area contributed by atoms with Crippen LogP contribution in [0.2, 0.25) is 0 Å². The van der Waals surface area contributed by atoms with E-state index in [1.807, 2.05) is 25.4 Å². The number of aryl methyl sites for hydroxylation is 1. The zero-order valence-electron chi connectivity index (χ0n) is 13.5.